The number of methoxy groups -OCH3 is 1. The molecular weight excluding hydrogens is 356 g/mol. The van der Waals surface area contributed by atoms with Gasteiger partial charge in [0.25, 0.3) is 0 Å². The molecule has 0 amide bonds. The number of nitrogens with zero attached hydrogens (tertiary/aromatic N) is 1. The van der Waals surface area contributed by atoms with Gasteiger partial charge in [-0.2, -0.15) is 0 Å². The van der Waals surface area contributed by atoms with Gasteiger partial charge in [0.15, 0.2) is 16.6 Å². The number of nitrogens with one attached hydrogen (secondary N) is 1. The largest absolute Gasteiger partial charge is 0.493 e. The summed E-state index contributed by atoms with van der Waals surface area (Å²) in [6, 6.07) is 10.5. The van der Waals surface area contributed by atoms with Gasteiger partial charge in [-0.3, -0.25) is 0 Å². The zero-order valence-corrected chi connectivity index (χ0v) is 17.2. The first-order chi connectivity index (χ1) is 12.8. The zero-order chi connectivity index (χ0) is 19.2. The Balaban J connectivity index is 1.63. The molecule has 0 saturated carbocycles. The number of aromatic nitrogens is 1. The minimum absolute atomic E-state index is 0.202. The van der Waals surface area contributed by atoms with Gasteiger partial charge in [0.2, 0.25) is 0 Å². The molecule has 0 aliphatic carbocycles. The summed E-state index contributed by atoms with van der Waals surface area (Å²) < 4.78 is 11.6. The van der Waals surface area contributed by atoms with Crippen molar-refractivity contribution in [1.82, 2.24) is 4.98 Å². The Morgan fingerprint density at radius 3 is 2.70 bits per heavy atom. The molecule has 0 radical (unpaired) electrons. The number of benzene rings is 2. The van der Waals surface area contributed by atoms with Crippen LogP contribution >= 0.6 is 11.3 Å². The van der Waals surface area contributed by atoms with Crippen LogP contribution in [0.2, 0.25) is 0 Å². The summed E-state index contributed by atoms with van der Waals surface area (Å²) in [7, 11) is 1.68. The topological polar surface area (TPSA) is 43.4 Å². The Morgan fingerprint density at radius 1 is 1.15 bits per heavy atom. The predicted molar refractivity (Wildman–Crippen MR) is 112 cm³/mol. The first-order valence-corrected chi connectivity index (χ1v) is 9.93. The number of anilines is 2. The van der Waals surface area contributed by atoms with Gasteiger partial charge < -0.3 is 14.8 Å². The highest BCUT2D eigenvalue weighted by atomic mass is 32.1. The molecule has 0 fully saturated rings. The van der Waals surface area contributed by atoms with Gasteiger partial charge in [0, 0.05) is 28.6 Å². The molecule has 3 aromatic rings. The third-order valence-corrected chi connectivity index (χ3v) is 5.66. The average molecular weight is 381 g/mol. The number of thiazole rings is 1. The van der Waals surface area contributed by atoms with Gasteiger partial charge in [-0.05, 0) is 63.1 Å². The Labute approximate surface area is 164 Å². The molecule has 0 spiro atoms. The highest BCUT2D eigenvalue weighted by molar-refractivity contribution is 7.14. The molecule has 2 aromatic carbocycles. The van der Waals surface area contributed by atoms with Gasteiger partial charge in [0.1, 0.15) is 5.60 Å². The first-order valence-electron chi connectivity index (χ1n) is 9.05. The van der Waals surface area contributed by atoms with Gasteiger partial charge in [-0.15, -0.1) is 11.3 Å². The van der Waals surface area contributed by atoms with Crippen molar-refractivity contribution in [2.75, 3.05) is 12.4 Å². The van der Waals surface area contributed by atoms with Crippen LogP contribution in [-0.2, 0) is 6.42 Å². The maximum atomic E-state index is 6.06. The molecule has 5 heteroatoms. The third-order valence-electron chi connectivity index (χ3n) is 4.90. The Morgan fingerprint density at radius 2 is 1.96 bits per heavy atom. The number of ether oxygens (including phenoxy) is 2. The van der Waals surface area contributed by atoms with Crippen LogP contribution in [0.3, 0.4) is 0 Å². The standard InChI is InChI=1S/C22H24N2O2S/c1-13-6-7-17(8-14(13)2)23-21-24-18(12-27-21)15-9-16-11-22(3,4)26-20(16)19(10-15)25-5/h6-10,12H,11H2,1-5H3,(H,23,24). The average Bonchev–Trinajstić information content (AvgIpc) is 3.19. The van der Waals surface area contributed by atoms with Crippen LogP contribution < -0.4 is 14.8 Å². The summed E-state index contributed by atoms with van der Waals surface area (Å²) in [4.78, 5) is 4.78. The van der Waals surface area contributed by atoms with Crippen LogP contribution in [-0.4, -0.2) is 17.7 Å². The second-order valence-electron chi connectivity index (χ2n) is 7.67. The quantitative estimate of drug-likeness (QED) is 0.613. The highest BCUT2D eigenvalue weighted by Gasteiger charge is 2.33. The van der Waals surface area contributed by atoms with Crippen LogP contribution in [0.15, 0.2) is 35.7 Å². The molecule has 27 heavy (non-hydrogen) atoms. The monoisotopic (exact) mass is 380 g/mol. The van der Waals surface area contributed by atoms with Crippen molar-refractivity contribution in [3.05, 3.63) is 52.4 Å². The minimum Gasteiger partial charge on any atom is -0.493 e. The van der Waals surface area contributed by atoms with E-state index in [4.69, 9.17) is 14.5 Å². The second-order valence-corrected chi connectivity index (χ2v) is 8.53. The van der Waals surface area contributed by atoms with Crippen molar-refractivity contribution in [2.45, 2.75) is 39.7 Å². The van der Waals surface area contributed by atoms with Crippen molar-refractivity contribution >= 4 is 22.2 Å². The smallest absolute Gasteiger partial charge is 0.187 e. The van der Waals surface area contributed by atoms with E-state index in [1.165, 1.54) is 16.7 Å². The fraction of sp³-hybridized carbons (Fsp3) is 0.318. The molecule has 140 valence electrons. The molecule has 2 heterocycles. The lowest BCUT2D eigenvalue weighted by Gasteiger charge is -2.17. The van der Waals surface area contributed by atoms with Crippen molar-refractivity contribution in [2.24, 2.45) is 0 Å². The molecule has 4 nitrogen and oxygen atoms in total. The van der Waals surface area contributed by atoms with E-state index in [1.54, 1.807) is 18.4 Å². The molecule has 1 N–H and O–H groups in total. The number of hydrogen-bond acceptors (Lipinski definition) is 5. The third kappa shape index (κ3) is 3.52. The van der Waals surface area contributed by atoms with Gasteiger partial charge >= 0.3 is 0 Å². The molecule has 1 aliphatic rings. The van der Waals surface area contributed by atoms with Gasteiger partial charge in [-0.1, -0.05) is 6.07 Å². The normalized spacial score (nSPS) is 14.6. The summed E-state index contributed by atoms with van der Waals surface area (Å²) in [5.74, 6) is 1.62. The van der Waals surface area contributed by atoms with E-state index < -0.39 is 0 Å². The molecular formula is C22H24N2O2S. The van der Waals surface area contributed by atoms with E-state index in [2.05, 4.69) is 62.7 Å². The molecule has 0 atom stereocenters. The second kappa shape index (κ2) is 6.57. The summed E-state index contributed by atoms with van der Waals surface area (Å²) in [5.41, 5.74) is 6.57. The predicted octanol–water partition coefficient (Wildman–Crippen LogP) is 5.89. The van der Waals surface area contributed by atoms with E-state index in [9.17, 15) is 0 Å². The molecule has 0 saturated heterocycles. The van der Waals surface area contributed by atoms with Crippen LogP contribution in [0.5, 0.6) is 11.5 Å². The van der Waals surface area contributed by atoms with E-state index in [0.29, 0.717) is 0 Å². The number of fused-ring (bicyclic) bond motifs is 1. The van der Waals surface area contributed by atoms with E-state index in [-0.39, 0.29) is 5.60 Å². The fourth-order valence-electron chi connectivity index (χ4n) is 3.38. The van der Waals surface area contributed by atoms with Crippen LogP contribution in [0.25, 0.3) is 11.3 Å². The summed E-state index contributed by atoms with van der Waals surface area (Å²) in [6.07, 6.45) is 0.865. The summed E-state index contributed by atoms with van der Waals surface area (Å²) >= 11 is 1.60. The highest BCUT2D eigenvalue weighted by Crippen LogP contribution is 2.44. The fourth-order valence-corrected chi connectivity index (χ4v) is 4.12. The Hall–Kier alpha value is -2.53. The van der Waals surface area contributed by atoms with Crippen LogP contribution in [0, 0.1) is 13.8 Å². The summed E-state index contributed by atoms with van der Waals surface area (Å²) in [6.45, 7) is 8.43. The van der Waals surface area contributed by atoms with Crippen molar-refractivity contribution in [3.63, 3.8) is 0 Å². The molecule has 1 aromatic heterocycles. The number of rotatable bonds is 4. The molecule has 1 aliphatic heterocycles. The maximum absolute atomic E-state index is 6.06. The maximum Gasteiger partial charge on any atom is 0.187 e. The van der Waals surface area contributed by atoms with Crippen molar-refractivity contribution < 1.29 is 9.47 Å². The molecule has 4 rings (SSSR count). The van der Waals surface area contributed by atoms with Crippen LogP contribution in [0.1, 0.15) is 30.5 Å². The number of hydrogen-bond donors (Lipinski definition) is 1. The lowest BCUT2D eigenvalue weighted by molar-refractivity contribution is 0.134. The van der Waals surface area contributed by atoms with E-state index in [0.717, 1.165) is 40.0 Å². The van der Waals surface area contributed by atoms with Gasteiger partial charge in [-0.25, -0.2) is 4.98 Å². The Bertz CT molecular complexity index is 1010. The minimum atomic E-state index is -0.202. The zero-order valence-electron chi connectivity index (χ0n) is 16.3. The number of aryl methyl sites for hydroxylation is 2. The van der Waals surface area contributed by atoms with Crippen LogP contribution in [0.4, 0.5) is 10.8 Å². The molecule has 0 unspecified atom stereocenters. The lowest BCUT2D eigenvalue weighted by Crippen LogP contribution is -2.24. The Kier molecular flexibility index (Phi) is 4.35. The lowest BCUT2D eigenvalue weighted by atomic mass is 9.99. The SMILES string of the molecule is COc1cc(-c2csc(Nc3ccc(C)c(C)c3)n2)cc2c1OC(C)(C)C2. The van der Waals surface area contributed by atoms with Crippen molar-refractivity contribution in [3.8, 4) is 22.8 Å². The van der Waals surface area contributed by atoms with E-state index in [1.807, 2.05) is 6.07 Å². The summed E-state index contributed by atoms with van der Waals surface area (Å²) in [5, 5.41) is 6.36. The van der Waals surface area contributed by atoms with Crippen molar-refractivity contribution in [1.29, 1.82) is 0 Å². The van der Waals surface area contributed by atoms with Gasteiger partial charge in [0.05, 0.1) is 12.8 Å². The van der Waals surface area contributed by atoms with E-state index >= 15 is 0 Å². The molecule has 0 bridgehead atoms. The first kappa shape index (κ1) is 17.9.